The molecule has 1 aliphatic rings. The fraction of sp³-hybridized carbons (Fsp3) is 0.316. The summed E-state index contributed by atoms with van der Waals surface area (Å²) in [7, 11) is -3.61. The van der Waals surface area contributed by atoms with Gasteiger partial charge in [-0.05, 0) is 43.4 Å². The summed E-state index contributed by atoms with van der Waals surface area (Å²) in [6.07, 6.45) is 4.15. The molecule has 9 nitrogen and oxygen atoms in total. The topological polar surface area (TPSA) is 119 Å². The predicted molar refractivity (Wildman–Crippen MR) is 110 cm³/mol. The van der Waals surface area contributed by atoms with E-state index in [0.717, 1.165) is 0 Å². The highest BCUT2D eigenvalue weighted by Gasteiger charge is 2.33. The summed E-state index contributed by atoms with van der Waals surface area (Å²) in [5.41, 5.74) is 0. The number of hydrogen-bond donors (Lipinski definition) is 1. The fourth-order valence-corrected chi connectivity index (χ4v) is 5.90. The van der Waals surface area contributed by atoms with Gasteiger partial charge in [0.15, 0.2) is 5.76 Å². The van der Waals surface area contributed by atoms with Crippen molar-refractivity contribution in [1.29, 1.82) is 0 Å². The van der Waals surface area contributed by atoms with Gasteiger partial charge < -0.3 is 8.83 Å². The number of carbonyl (C=O) groups is 1. The number of nitrogens with one attached hydrogen (secondary N) is 1. The number of hydrogen-bond acceptors (Lipinski definition) is 8. The molecule has 3 heterocycles. The summed E-state index contributed by atoms with van der Waals surface area (Å²) in [6.45, 7) is 0.537. The van der Waals surface area contributed by atoms with E-state index in [1.165, 1.54) is 22.3 Å². The van der Waals surface area contributed by atoms with Gasteiger partial charge in [-0.15, -0.1) is 16.9 Å². The summed E-state index contributed by atoms with van der Waals surface area (Å²) < 4.78 is 38.0. The molecular formula is C19H20N4O5S2. The summed E-state index contributed by atoms with van der Waals surface area (Å²) in [5.74, 6) is -0.0341. The Morgan fingerprint density at radius 3 is 2.63 bits per heavy atom. The van der Waals surface area contributed by atoms with Crippen LogP contribution in [0.15, 0.2) is 61.3 Å². The predicted octanol–water partition coefficient (Wildman–Crippen LogP) is 3.09. The minimum atomic E-state index is -3.61. The average molecular weight is 449 g/mol. The van der Waals surface area contributed by atoms with Gasteiger partial charge in [0.2, 0.25) is 15.9 Å². The highest BCUT2D eigenvalue weighted by atomic mass is 32.2. The minimum absolute atomic E-state index is 0.0182. The van der Waals surface area contributed by atoms with Crippen LogP contribution in [-0.2, 0) is 14.8 Å². The van der Waals surface area contributed by atoms with E-state index in [9.17, 15) is 13.2 Å². The molecule has 3 aromatic rings. The average Bonchev–Trinajstić information content (AvgIpc) is 3.46. The van der Waals surface area contributed by atoms with E-state index in [1.807, 2.05) is 12.3 Å². The van der Waals surface area contributed by atoms with E-state index in [4.69, 9.17) is 8.83 Å². The Morgan fingerprint density at radius 1 is 1.17 bits per heavy atom. The van der Waals surface area contributed by atoms with Crippen LogP contribution in [0.2, 0.25) is 0 Å². The van der Waals surface area contributed by atoms with Gasteiger partial charge in [0.1, 0.15) is 0 Å². The Balaban J connectivity index is 1.38. The van der Waals surface area contributed by atoms with Gasteiger partial charge in [-0.25, -0.2) is 8.42 Å². The van der Waals surface area contributed by atoms with Crippen LogP contribution in [0.1, 0.15) is 12.8 Å². The van der Waals surface area contributed by atoms with E-state index in [2.05, 4.69) is 15.5 Å². The molecule has 1 N–H and O–H groups in total. The summed E-state index contributed by atoms with van der Waals surface area (Å²) in [4.78, 5) is 13.6. The maximum atomic E-state index is 13.0. The Bertz CT molecular complexity index is 1120. The second-order valence-electron chi connectivity index (χ2n) is 6.71. The molecule has 1 amide bonds. The van der Waals surface area contributed by atoms with Crippen molar-refractivity contribution in [3.63, 3.8) is 0 Å². The molecule has 2 aromatic heterocycles. The van der Waals surface area contributed by atoms with Crippen LogP contribution in [-0.4, -0.2) is 48.2 Å². The first kappa shape index (κ1) is 20.6. The van der Waals surface area contributed by atoms with Crippen LogP contribution in [0.3, 0.4) is 0 Å². The second-order valence-corrected chi connectivity index (χ2v) is 9.46. The van der Waals surface area contributed by atoms with Gasteiger partial charge >= 0.3 is 6.01 Å². The van der Waals surface area contributed by atoms with Gasteiger partial charge in [-0.2, -0.15) is 4.31 Å². The molecule has 0 atom stereocenters. The van der Waals surface area contributed by atoms with Crippen molar-refractivity contribution in [2.24, 2.45) is 5.92 Å². The lowest BCUT2D eigenvalue weighted by molar-refractivity contribution is -0.121. The number of aromatic nitrogens is 2. The fourth-order valence-electron chi connectivity index (χ4n) is 3.31. The summed E-state index contributed by atoms with van der Waals surface area (Å²) in [6, 6.07) is 10.3. The SMILES string of the molecule is CSc1ccccc1S(=O)(=O)N1CCC(C(=O)Nc2nnc(-c3ccco3)o2)CC1. The molecule has 0 bridgehead atoms. The van der Waals surface area contributed by atoms with E-state index >= 15 is 0 Å². The Labute approximate surface area is 177 Å². The van der Waals surface area contributed by atoms with Crippen molar-refractivity contribution >= 4 is 33.7 Å². The Morgan fingerprint density at radius 2 is 1.93 bits per heavy atom. The van der Waals surface area contributed by atoms with Crippen LogP contribution in [0.25, 0.3) is 11.7 Å². The molecule has 1 fully saturated rings. The number of thioether (sulfide) groups is 1. The maximum Gasteiger partial charge on any atom is 0.322 e. The Kier molecular flexibility index (Phi) is 5.93. The third-order valence-corrected chi connectivity index (χ3v) is 7.78. The monoisotopic (exact) mass is 448 g/mol. The van der Waals surface area contributed by atoms with Gasteiger partial charge in [0, 0.05) is 23.9 Å². The molecule has 0 radical (unpaired) electrons. The second kappa shape index (κ2) is 8.62. The molecule has 158 valence electrons. The third-order valence-electron chi connectivity index (χ3n) is 4.90. The first-order valence-electron chi connectivity index (χ1n) is 9.30. The van der Waals surface area contributed by atoms with Gasteiger partial charge in [-0.1, -0.05) is 17.2 Å². The third kappa shape index (κ3) is 4.13. The lowest BCUT2D eigenvalue weighted by Crippen LogP contribution is -2.41. The van der Waals surface area contributed by atoms with Crippen LogP contribution in [0.4, 0.5) is 6.01 Å². The molecular weight excluding hydrogens is 428 g/mol. The molecule has 0 aliphatic carbocycles. The van der Waals surface area contributed by atoms with Gasteiger partial charge in [0.25, 0.3) is 5.89 Å². The molecule has 4 rings (SSSR count). The molecule has 0 saturated carbocycles. The summed E-state index contributed by atoms with van der Waals surface area (Å²) >= 11 is 1.39. The van der Waals surface area contributed by atoms with Crippen LogP contribution >= 0.6 is 11.8 Å². The first-order valence-corrected chi connectivity index (χ1v) is 12.0. The largest absolute Gasteiger partial charge is 0.459 e. The van der Waals surface area contributed by atoms with Gasteiger partial charge in [-0.3, -0.25) is 10.1 Å². The lowest BCUT2D eigenvalue weighted by atomic mass is 9.97. The first-order chi connectivity index (χ1) is 14.5. The lowest BCUT2D eigenvalue weighted by Gasteiger charge is -2.30. The van der Waals surface area contributed by atoms with E-state index in [-0.39, 0.29) is 36.8 Å². The minimum Gasteiger partial charge on any atom is -0.459 e. The number of amides is 1. The number of nitrogens with zero attached hydrogens (tertiary/aromatic N) is 3. The zero-order valence-corrected chi connectivity index (χ0v) is 17.8. The molecule has 1 saturated heterocycles. The maximum absolute atomic E-state index is 13.0. The number of benzene rings is 1. The van der Waals surface area contributed by atoms with Gasteiger partial charge in [0.05, 0.1) is 11.2 Å². The van der Waals surface area contributed by atoms with Crippen molar-refractivity contribution in [1.82, 2.24) is 14.5 Å². The van der Waals surface area contributed by atoms with Crippen molar-refractivity contribution in [3.8, 4) is 11.7 Å². The van der Waals surface area contributed by atoms with Crippen LogP contribution < -0.4 is 5.32 Å². The summed E-state index contributed by atoms with van der Waals surface area (Å²) in [5, 5.41) is 10.2. The highest BCUT2D eigenvalue weighted by Crippen LogP contribution is 2.30. The number of sulfonamides is 1. The number of carbonyl (C=O) groups excluding carboxylic acids is 1. The van der Waals surface area contributed by atoms with Crippen molar-refractivity contribution in [2.75, 3.05) is 24.7 Å². The number of rotatable bonds is 6. The number of piperidine rings is 1. The molecule has 1 aromatic carbocycles. The zero-order valence-electron chi connectivity index (χ0n) is 16.1. The van der Waals surface area contributed by atoms with Crippen molar-refractivity contribution in [3.05, 3.63) is 42.7 Å². The smallest absolute Gasteiger partial charge is 0.322 e. The number of anilines is 1. The number of furan rings is 1. The standard InChI is InChI=1S/C19H20N4O5S2/c1-29-15-6-2-3-7-16(15)30(25,26)23-10-8-13(9-11-23)17(24)20-19-22-21-18(28-19)14-5-4-12-27-14/h2-7,12-13H,8-11H2,1H3,(H,20,22,24). The molecule has 0 spiro atoms. The quantitative estimate of drug-likeness (QED) is 0.572. The van der Waals surface area contributed by atoms with E-state index in [0.29, 0.717) is 28.4 Å². The molecule has 0 unspecified atom stereocenters. The van der Waals surface area contributed by atoms with E-state index in [1.54, 1.807) is 30.3 Å². The zero-order chi connectivity index (χ0) is 21.1. The highest BCUT2D eigenvalue weighted by molar-refractivity contribution is 7.99. The van der Waals surface area contributed by atoms with E-state index < -0.39 is 10.0 Å². The molecule has 30 heavy (non-hydrogen) atoms. The molecule has 11 heteroatoms. The van der Waals surface area contributed by atoms with Crippen molar-refractivity contribution in [2.45, 2.75) is 22.6 Å². The Hall–Kier alpha value is -2.63. The van der Waals surface area contributed by atoms with Crippen molar-refractivity contribution < 1.29 is 22.0 Å². The van der Waals surface area contributed by atoms with Crippen LogP contribution in [0, 0.1) is 5.92 Å². The van der Waals surface area contributed by atoms with Crippen LogP contribution in [0.5, 0.6) is 0 Å². The molecule has 1 aliphatic heterocycles. The normalized spacial score (nSPS) is 15.9.